The predicted molar refractivity (Wildman–Crippen MR) is 121 cm³/mol. The van der Waals surface area contributed by atoms with Crippen molar-refractivity contribution in [3.63, 3.8) is 0 Å². The SMILES string of the molecule is COc1ccc(NS(=O)(=O)c2ccc(C)c(C(=O)N3CCC(n4ccnc4)CC3)c2)cc1. The lowest BCUT2D eigenvalue weighted by atomic mass is 10.0. The van der Waals surface area contributed by atoms with Gasteiger partial charge in [0.15, 0.2) is 0 Å². The fourth-order valence-corrected chi connectivity index (χ4v) is 4.98. The van der Waals surface area contributed by atoms with Crippen LogP contribution in [0.15, 0.2) is 66.1 Å². The summed E-state index contributed by atoms with van der Waals surface area (Å²) in [4.78, 5) is 19.1. The van der Waals surface area contributed by atoms with E-state index in [9.17, 15) is 13.2 Å². The first-order valence-electron chi connectivity index (χ1n) is 10.4. The molecule has 2 aromatic carbocycles. The van der Waals surface area contributed by atoms with Gasteiger partial charge in [-0.1, -0.05) is 6.07 Å². The number of methoxy groups -OCH3 is 1. The van der Waals surface area contributed by atoms with Gasteiger partial charge in [-0.2, -0.15) is 0 Å². The Bertz CT molecular complexity index is 1180. The smallest absolute Gasteiger partial charge is 0.261 e. The Morgan fingerprint density at radius 2 is 1.84 bits per heavy atom. The van der Waals surface area contributed by atoms with Gasteiger partial charge in [0.1, 0.15) is 5.75 Å². The van der Waals surface area contributed by atoms with E-state index in [0.717, 1.165) is 18.4 Å². The molecular weight excluding hydrogens is 428 g/mol. The van der Waals surface area contributed by atoms with E-state index in [4.69, 9.17) is 4.74 Å². The standard InChI is InChI=1S/C23H26N4O4S/c1-17-3-8-21(32(29,30)25-18-4-6-20(31-2)7-5-18)15-22(17)23(28)26-12-9-19(10-13-26)27-14-11-24-16-27/h3-8,11,14-16,19,25H,9-10,12-13H2,1-2H3. The number of ether oxygens (including phenoxy) is 1. The van der Waals surface area contributed by atoms with Gasteiger partial charge in [-0.25, -0.2) is 13.4 Å². The Morgan fingerprint density at radius 3 is 2.47 bits per heavy atom. The molecule has 1 aliphatic heterocycles. The van der Waals surface area contributed by atoms with Crippen LogP contribution in [0, 0.1) is 6.92 Å². The van der Waals surface area contributed by atoms with Crippen LogP contribution in [0.4, 0.5) is 5.69 Å². The molecule has 1 aromatic heterocycles. The summed E-state index contributed by atoms with van der Waals surface area (Å²) in [5, 5.41) is 0. The first-order valence-corrected chi connectivity index (χ1v) is 11.9. The first-order chi connectivity index (χ1) is 15.4. The minimum atomic E-state index is -3.85. The zero-order valence-electron chi connectivity index (χ0n) is 18.1. The lowest BCUT2D eigenvalue weighted by Gasteiger charge is -2.33. The van der Waals surface area contributed by atoms with Crippen LogP contribution in [-0.2, 0) is 10.0 Å². The number of carbonyl (C=O) groups is 1. The van der Waals surface area contributed by atoms with Crippen molar-refractivity contribution >= 4 is 21.6 Å². The van der Waals surface area contributed by atoms with Crippen molar-refractivity contribution < 1.29 is 17.9 Å². The number of sulfonamides is 1. The summed E-state index contributed by atoms with van der Waals surface area (Å²) in [6.07, 6.45) is 7.16. The molecule has 9 heteroatoms. The van der Waals surface area contributed by atoms with Crippen molar-refractivity contribution in [2.24, 2.45) is 0 Å². The molecule has 0 bridgehead atoms. The zero-order valence-corrected chi connectivity index (χ0v) is 18.9. The van der Waals surface area contributed by atoms with Gasteiger partial charge in [0.25, 0.3) is 15.9 Å². The Morgan fingerprint density at radius 1 is 1.12 bits per heavy atom. The third kappa shape index (κ3) is 4.62. The van der Waals surface area contributed by atoms with E-state index < -0.39 is 10.0 Å². The number of hydrogen-bond donors (Lipinski definition) is 1. The lowest BCUT2D eigenvalue weighted by molar-refractivity contribution is 0.0693. The highest BCUT2D eigenvalue weighted by Crippen LogP contribution is 2.26. The van der Waals surface area contributed by atoms with Crippen molar-refractivity contribution in [2.45, 2.75) is 30.7 Å². The number of hydrogen-bond acceptors (Lipinski definition) is 5. The zero-order chi connectivity index (χ0) is 22.7. The fourth-order valence-electron chi connectivity index (χ4n) is 3.89. The summed E-state index contributed by atoms with van der Waals surface area (Å²) < 4.78 is 35.6. The first kappa shape index (κ1) is 21.9. The summed E-state index contributed by atoms with van der Waals surface area (Å²) >= 11 is 0. The molecule has 32 heavy (non-hydrogen) atoms. The number of anilines is 1. The lowest BCUT2D eigenvalue weighted by Crippen LogP contribution is -2.39. The van der Waals surface area contributed by atoms with Gasteiger partial charge in [-0.05, 0) is 61.7 Å². The number of aromatic nitrogens is 2. The second-order valence-corrected chi connectivity index (χ2v) is 9.53. The van der Waals surface area contributed by atoms with Gasteiger partial charge < -0.3 is 14.2 Å². The molecule has 1 fully saturated rings. The van der Waals surface area contributed by atoms with Crippen LogP contribution in [0.2, 0.25) is 0 Å². The highest BCUT2D eigenvalue weighted by atomic mass is 32.2. The topological polar surface area (TPSA) is 93.5 Å². The van der Waals surface area contributed by atoms with Gasteiger partial charge in [-0.15, -0.1) is 0 Å². The van der Waals surface area contributed by atoms with Crippen LogP contribution >= 0.6 is 0 Å². The maximum atomic E-state index is 13.2. The van der Waals surface area contributed by atoms with Gasteiger partial charge in [-0.3, -0.25) is 9.52 Å². The molecule has 0 unspecified atom stereocenters. The van der Waals surface area contributed by atoms with Crippen molar-refractivity contribution in [2.75, 3.05) is 24.9 Å². The third-order valence-electron chi connectivity index (χ3n) is 5.79. The number of nitrogens with zero attached hydrogens (tertiary/aromatic N) is 3. The molecule has 0 spiro atoms. The van der Waals surface area contributed by atoms with Crippen molar-refractivity contribution in [3.05, 3.63) is 72.3 Å². The maximum absolute atomic E-state index is 13.2. The minimum absolute atomic E-state index is 0.0515. The van der Waals surface area contributed by atoms with E-state index in [1.807, 2.05) is 13.1 Å². The van der Waals surface area contributed by atoms with Crippen LogP contribution in [-0.4, -0.2) is 49.0 Å². The number of nitrogens with one attached hydrogen (secondary N) is 1. The molecule has 0 aliphatic carbocycles. The van der Waals surface area contributed by atoms with Gasteiger partial charge in [0.2, 0.25) is 0 Å². The van der Waals surface area contributed by atoms with Gasteiger partial charge >= 0.3 is 0 Å². The van der Waals surface area contributed by atoms with Gasteiger partial charge in [0.05, 0.1) is 18.3 Å². The number of piperidine rings is 1. The molecule has 168 valence electrons. The third-order valence-corrected chi connectivity index (χ3v) is 7.17. The molecule has 0 radical (unpaired) electrons. The normalized spacial score (nSPS) is 14.9. The van der Waals surface area contributed by atoms with Gasteiger partial charge in [0, 0.05) is 42.8 Å². The summed E-state index contributed by atoms with van der Waals surface area (Å²) in [5.41, 5.74) is 1.57. The summed E-state index contributed by atoms with van der Waals surface area (Å²) in [6, 6.07) is 11.6. The highest BCUT2D eigenvalue weighted by molar-refractivity contribution is 7.92. The van der Waals surface area contributed by atoms with Crippen molar-refractivity contribution in [3.8, 4) is 5.75 Å². The second kappa shape index (κ2) is 9.04. The van der Waals surface area contributed by atoms with E-state index in [0.29, 0.717) is 36.1 Å². The van der Waals surface area contributed by atoms with E-state index in [1.54, 1.807) is 54.9 Å². The largest absolute Gasteiger partial charge is 0.497 e. The van der Waals surface area contributed by atoms with E-state index >= 15 is 0 Å². The second-order valence-electron chi connectivity index (χ2n) is 7.84. The molecule has 0 saturated carbocycles. The molecule has 1 aliphatic rings. The van der Waals surface area contributed by atoms with Crippen LogP contribution < -0.4 is 9.46 Å². The van der Waals surface area contributed by atoms with Crippen LogP contribution in [0.3, 0.4) is 0 Å². The molecule has 3 aromatic rings. The molecule has 1 saturated heterocycles. The highest BCUT2D eigenvalue weighted by Gasteiger charge is 2.26. The molecule has 8 nitrogen and oxygen atoms in total. The van der Waals surface area contributed by atoms with E-state index in [1.165, 1.54) is 12.1 Å². The summed E-state index contributed by atoms with van der Waals surface area (Å²) in [5.74, 6) is 0.487. The number of benzene rings is 2. The number of carbonyl (C=O) groups excluding carboxylic acids is 1. The fraction of sp³-hybridized carbons (Fsp3) is 0.304. The molecule has 0 atom stereocenters. The van der Waals surface area contributed by atoms with Crippen LogP contribution in [0.25, 0.3) is 0 Å². The van der Waals surface area contributed by atoms with Crippen LogP contribution in [0.5, 0.6) is 5.75 Å². The van der Waals surface area contributed by atoms with Crippen molar-refractivity contribution in [1.29, 1.82) is 0 Å². The molecule has 2 heterocycles. The minimum Gasteiger partial charge on any atom is -0.497 e. The number of aryl methyl sites for hydroxylation is 1. The Kier molecular flexibility index (Phi) is 6.18. The van der Waals surface area contributed by atoms with Crippen molar-refractivity contribution in [1.82, 2.24) is 14.5 Å². The number of likely N-dealkylation sites (tertiary alicyclic amines) is 1. The molecule has 4 rings (SSSR count). The Hall–Kier alpha value is -3.33. The average molecular weight is 455 g/mol. The Labute approximate surface area is 187 Å². The molecular formula is C23H26N4O4S. The van der Waals surface area contributed by atoms with E-state index in [-0.39, 0.29) is 10.8 Å². The molecule has 1 amide bonds. The average Bonchev–Trinajstić information content (AvgIpc) is 3.34. The van der Waals surface area contributed by atoms with E-state index in [2.05, 4.69) is 14.3 Å². The number of imidazole rings is 1. The Balaban J connectivity index is 1.49. The quantitative estimate of drug-likeness (QED) is 0.616. The number of amides is 1. The summed E-state index contributed by atoms with van der Waals surface area (Å²) in [7, 11) is -2.30. The predicted octanol–water partition coefficient (Wildman–Crippen LogP) is 3.48. The maximum Gasteiger partial charge on any atom is 0.261 e. The van der Waals surface area contributed by atoms with Crippen LogP contribution in [0.1, 0.15) is 34.8 Å². The molecule has 1 N–H and O–H groups in total. The number of rotatable bonds is 6. The monoisotopic (exact) mass is 454 g/mol. The summed E-state index contributed by atoms with van der Waals surface area (Å²) in [6.45, 7) is 3.04.